The maximum Gasteiger partial charge on any atom is 0.143 e. The van der Waals surface area contributed by atoms with Crippen molar-refractivity contribution in [3.05, 3.63) is 169 Å². The molecule has 1 heteroatoms. The molecule has 10 aromatic rings. The van der Waals surface area contributed by atoms with Gasteiger partial charge in [-0.3, -0.25) is 0 Å². The van der Waals surface area contributed by atoms with Gasteiger partial charge in [-0.15, -0.1) is 0 Å². The molecule has 0 bridgehead atoms. The van der Waals surface area contributed by atoms with Crippen molar-refractivity contribution in [2.45, 2.75) is 26.2 Å². The van der Waals surface area contributed by atoms with Gasteiger partial charge in [-0.1, -0.05) is 172 Å². The molecule has 0 aliphatic carbocycles. The molecule has 0 amide bonds. The van der Waals surface area contributed by atoms with E-state index in [-0.39, 0.29) is 5.41 Å². The fourth-order valence-corrected chi connectivity index (χ4v) is 8.10. The minimum absolute atomic E-state index is 0.0652. The number of furan rings is 1. The molecule has 0 radical (unpaired) electrons. The predicted octanol–water partition coefficient (Wildman–Crippen LogP) is 14.4. The van der Waals surface area contributed by atoms with Crippen LogP contribution < -0.4 is 0 Å². The highest BCUT2D eigenvalue weighted by molar-refractivity contribution is 6.28. The fourth-order valence-electron chi connectivity index (χ4n) is 8.10. The summed E-state index contributed by atoms with van der Waals surface area (Å²) in [6.45, 7) is 6.90. The Bertz CT molecular complexity index is 2880. The molecular weight excluding hydrogens is 617 g/mol. The van der Waals surface area contributed by atoms with E-state index in [1.165, 1.54) is 71.3 Å². The third kappa shape index (κ3) is 4.77. The van der Waals surface area contributed by atoms with Gasteiger partial charge < -0.3 is 4.42 Å². The van der Waals surface area contributed by atoms with Crippen molar-refractivity contribution in [3.8, 4) is 44.5 Å². The van der Waals surface area contributed by atoms with E-state index in [4.69, 9.17) is 4.42 Å². The van der Waals surface area contributed by atoms with Gasteiger partial charge in [-0.05, 0) is 94.4 Å². The lowest BCUT2D eigenvalue weighted by molar-refractivity contribution is 0.591. The number of fused-ring (bicyclic) bond motifs is 3. The topological polar surface area (TPSA) is 13.1 Å². The van der Waals surface area contributed by atoms with Crippen LogP contribution in [0.3, 0.4) is 0 Å². The average molecular weight is 653 g/mol. The van der Waals surface area contributed by atoms with Crippen LogP contribution in [0, 0.1) is 0 Å². The molecule has 0 spiro atoms. The minimum atomic E-state index is 0.0652. The third-order valence-corrected chi connectivity index (χ3v) is 10.8. The monoisotopic (exact) mass is 652 g/mol. The van der Waals surface area contributed by atoms with Gasteiger partial charge in [0.1, 0.15) is 11.2 Å². The highest BCUT2D eigenvalue weighted by atomic mass is 16.3. The lowest BCUT2D eigenvalue weighted by Gasteiger charge is -2.23. The Hall–Kier alpha value is -6.18. The summed E-state index contributed by atoms with van der Waals surface area (Å²) in [7, 11) is 0. The molecule has 242 valence electrons. The van der Waals surface area contributed by atoms with Crippen LogP contribution in [0.5, 0.6) is 0 Å². The first-order valence-corrected chi connectivity index (χ1v) is 17.8. The van der Waals surface area contributed by atoms with Crippen LogP contribution in [0.1, 0.15) is 26.3 Å². The molecule has 9 aromatic carbocycles. The SMILES string of the molecule is CC(C)(C)c1cc2ccc3c(-c4ccc(-c5ccccc5)cc4)cc(-c4ccc(-c5cccc6c5oc5ccccc56)cc4)c4ccc(c1)c2c34. The van der Waals surface area contributed by atoms with Crippen molar-refractivity contribution in [2.75, 3.05) is 0 Å². The molecule has 0 atom stereocenters. The van der Waals surface area contributed by atoms with E-state index in [2.05, 4.69) is 172 Å². The van der Waals surface area contributed by atoms with Gasteiger partial charge in [0.05, 0.1) is 0 Å². The molecule has 0 saturated carbocycles. The third-order valence-electron chi connectivity index (χ3n) is 10.8. The first-order valence-electron chi connectivity index (χ1n) is 17.8. The normalized spacial score (nSPS) is 12.2. The van der Waals surface area contributed by atoms with E-state index in [9.17, 15) is 0 Å². The second-order valence-corrected chi connectivity index (χ2v) is 14.9. The fraction of sp³-hybridized carbons (Fsp3) is 0.0800. The number of hydrogen-bond donors (Lipinski definition) is 0. The van der Waals surface area contributed by atoms with Crippen LogP contribution >= 0.6 is 0 Å². The van der Waals surface area contributed by atoms with Crippen molar-refractivity contribution in [1.82, 2.24) is 0 Å². The van der Waals surface area contributed by atoms with Crippen LogP contribution in [0.2, 0.25) is 0 Å². The molecule has 51 heavy (non-hydrogen) atoms. The highest BCUT2D eigenvalue weighted by Crippen LogP contribution is 2.46. The van der Waals surface area contributed by atoms with E-state index < -0.39 is 0 Å². The Morgan fingerprint density at radius 2 is 0.902 bits per heavy atom. The maximum absolute atomic E-state index is 6.41. The zero-order valence-corrected chi connectivity index (χ0v) is 29.0. The van der Waals surface area contributed by atoms with Crippen LogP contribution in [0.25, 0.3) is 98.8 Å². The van der Waals surface area contributed by atoms with Crippen molar-refractivity contribution in [1.29, 1.82) is 0 Å². The van der Waals surface area contributed by atoms with Crippen LogP contribution in [0.15, 0.2) is 168 Å². The zero-order chi connectivity index (χ0) is 34.3. The van der Waals surface area contributed by atoms with Crippen molar-refractivity contribution < 1.29 is 4.42 Å². The summed E-state index contributed by atoms with van der Waals surface area (Å²) in [5.41, 5.74) is 12.9. The number of hydrogen-bond acceptors (Lipinski definition) is 1. The average Bonchev–Trinajstić information content (AvgIpc) is 3.56. The Morgan fingerprint density at radius 3 is 1.53 bits per heavy atom. The number of para-hydroxylation sites is 2. The van der Waals surface area contributed by atoms with Crippen LogP contribution in [-0.4, -0.2) is 0 Å². The minimum Gasteiger partial charge on any atom is -0.455 e. The lowest BCUT2D eigenvalue weighted by Crippen LogP contribution is -2.10. The van der Waals surface area contributed by atoms with E-state index in [1.54, 1.807) is 0 Å². The summed E-state index contributed by atoms with van der Waals surface area (Å²) in [5, 5.41) is 10.1. The quantitative estimate of drug-likeness (QED) is 0.172. The second-order valence-electron chi connectivity index (χ2n) is 14.9. The van der Waals surface area contributed by atoms with Crippen molar-refractivity contribution in [2.24, 2.45) is 0 Å². The Balaban J connectivity index is 1.18. The molecule has 0 aliphatic heterocycles. The molecule has 0 saturated heterocycles. The van der Waals surface area contributed by atoms with Gasteiger partial charge >= 0.3 is 0 Å². The van der Waals surface area contributed by atoms with E-state index >= 15 is 0 Å². The Labute approximate surface area is 297 Å². The second kappa shape index (κ2) is 11.2. The van der Waals surface area contributed by atoms with Gasteiger partial charge in [-0.2, -0.15) is 0 Å². The Kier molecular flexibility index (Phi) is 6.51. The largest absolute Gasteiger partial charge is 0.455 e. The molecule has 0 N–H and O–H groups in total. The molecule has 10 rings (SSSR count). The molecule has 0 unspecified atom stereocenters. The van der Waals surface area contributed by atoms with E-state index in [1.807, 2.05) is 12.1 Å². The predicted molar refractivity (Wildman–Crippen MR) is 218 cm³/mol. The van der Waals surface area contributed by atoms with E-state index in [0.29, 0.717) is 0 Å². The summed E-state index contributed by atoms with van der Waals surface area (Å²) in [6.07, 6.45) is 0. The molecule has 1 heterocycles. The van der Waals surface area contributed by atoms with Gasteiger partial charge in [0.2, 0.25) is 0 Å². The van der Waals surface area contributed by atoms with Gasteiger partial charge in [0, 0.05) is 16.3 Å². The van der Waals surface area contributed by atoms with Crippen molar-refractivity contribution >= 4 is 54.3 Å². The maximum atomic E-state index is 6.41. The molecule has 1 aromatic heterocycles. The first kappa shape index (κ1) is 29.7. The van der Waals surface area contributed by atoms with Gasteiger partial charge in [-0.25, -0.2) is 0 Å². The first-order chi connectivity index (χ1) is 24.9. The summed E-state index contributed by atoms with van der Waals surface area (Å²) in [6, 6.07) is 60.1. The molecule has 0 fully saturated rings. The zero-order valence-electron chi connectivity index (χ0n) is 29.0. The lowest BCUT2D eigenvalue weighted by atomic mass is 9.81. The van der Waals surface area contributed by atoms with Crippen LogP contribution in [-0.2, 0) is 5.41 Å². The van der Waals surface area contributed by atoms with Gasteiger partial charge in [0.15, 0.2) is 0 Å². The van der Waals surface area contributed by atoms with Crippen LogP contribution in [0.4, 0.5) is 0 Å². The summed E-state index contributed by atoms with van der Waals surface area (Å²) >= 11 is 0. The number of benzene rings is 9. The Morgan fingerprint density at radius 1 is 0.373 bits per heavy atom. The molecule has 0 aliphatic rings. The molecular formula is C50H36O. The van der Waals surface area contributed by atoms with Crippen molar-refractivity contribution in [3.63, 3.8) is 0 Å². The van der Waals surface area contributed by atoms with E-state index in [0.717, 1.165) is 33.1 Å². The summed E-state index contributed by atoms with van der Waals surface area (Å²) in [5.74, 6) is 0. The summed E-state index contributed by atoms with van der Waals surface area (Å²) in [4.78, 5) is 0. The highest BCUT2D eigenvalue weighted by Gasteiger charge is 2.21. The number of rotatable bonds is 4. The standard InChI is InChI=1S/C50H36O/c1-50(2,3)38-28-36-24-26-41-44(34-18-16-32(17-19-34)31-10-5-4-6-11-31)30-45(42-27-25-37(29-38)47(36)48(41)42)35-22-20-33(21-23-35)39-13-9-14-43-40-12-7-8-15-46(40)51-49(39)43/h4-30H,1-3H3. The summed E-state index contributed by atoms with van der Waals surface area (Å²) < 4.78 is 6.41. The smallest absolute Gasteiger partial charge is 0.143 e. The molecule has 1 nitrogen and oxygen atoms in total. The van der Waals surface area contributed by atoms with Gasteiger partial charge in [0.25, 0.3) is 0 Å².